The van der Waals surface area contributed by atoms with E-state index in [1.165, 1.54) is 0 Å². The predicted molar refractivity (Wildman–Crippen MR) is 135 cm³/mol. The third kappa shape index (κ3) is 5.25. The standard InChI is InChI=1S/C28H36N4O3/c1-4-20(2)26(29-3)28(35)31-19-25(33)32-23(17-22-13-9-6-10-14-22)27(34)30(18-24(31)32)16-15-21-11-7-5-8-12-21/h5-14,20,23-24,26,29H,4,15-19H2,1-3H3. The first kappa shape index (κ1) is 24.9. The Hall–Kier alpha value is -3.19. The van der Waals surface area contributed by atoms with Gasteiger partial charge in [-0.25, -0.2) is 0 Å². The summed E-state index contributed by atoms with van der Waals surface area (Å²) in [6.07, 6.45) is 1.57. The van der Waals surface area contributed by atoms with Gasteiger partial charge < -0.3 is 20.0 Å². The van der Waals surface area contributed by atoms with Gasteiger partial charge in [-0.1, -0.05) is 80.9 Å². The summed E-state index contributed by atoms with van der Waals surface area (Å²) in [6.45, 7) is 5.01. The lowest BCUT2D eigenvalue weighted by molar-refractivity contribution is -0.156. The average molecular weight is 477 g/mol. The summed E-state index contributed by atoms with van der Waals surface area (Å²) in [4.78, 5) is 45.7. The molecule has 2 aromatic rings. The average Bonchev–Trinajstić information content (AvgIpc) is 3.21. The fourth-order valence-corrected chi connectivity index (χ4v) is 5.26. The number of amides is 3. The minimum atomic E-state index is -0.617. The molecule has 35 heavy (non-hydrogen) atoms. The van der Waals surface area contributed by atoms with Crippen molar-refractivity contribution in [2.75, 3.05) is 26.7 Å². The molecule has 0 aliphatic carbocycles. The molecular formula is C28H36N4O3. The number of rotatable bonds is 9. The first-order valence-electron chi connectivity index (χ1n) is 12.6. The maximum Gasteiger partial charge on any atom is 0.245 e. The maximum atomic E-state index is 13.7. The Morgan fingerprint density at radius 2 is 1.66 bits per heavy atom. The van der Waals surface area contributed by atoms with Crippen LogP contribution in [0, 0.1) is 5.92 Å². The van der Waals surface area contributed by atoms with Gasteiger partial charge in [0.1, 0.15) is 18.8 Å². The highest BCUT2D eigenvalue weighted by atomic mass is 16.2. The van der Waals surface area contributed by atoms with Crippen molar-refractivity contribution >= 4 is 17.7 Å². The number of piperazine rings is 1. The van der Waals surface area contributed by atoms with Crippen molar-refractivity contribution in [1.82, 2.24) is 20.0 Å². The molecule has 0 saturated carbocycles. The van der Waals surface area contributed by atoms with Gasteiger partial charge in [0, 0.05) is 13.0 Å². The van der Waals surface area contributed by atoms with Crippen LogP contribution in [0.15, 0.2) is 60.7 Å². The highest BCUT2D eigenvalue weighted by Gasteiger charge is 2.52. The van der Waals surface area contributed by atoms with Crippen molar-refractivity contribution in [2.24, 2.45) is 5.92 Å². The fourth-order valence-electron chi connectivity index (χ4n) is 5.26. The maximum absolute atomic E-state index is 13.7. The molecule has 0 bridgehead atoms. The van der Waals surface area contributed by atoms with Crippen molar-refractivity contribution in [3.63, 3.8) is 0 Å². The Kier molecular flexibility index (Phi) is 7.86. The van der Waals surface area contributed by atoms with Crippen LogP contribution < -0.4 is 5.32 Å². The van der Waals surface area contributed by atoms with Crippen LogP contribution >= 0.6 is 0 Å². The van der Waals surface area contributed by atoms with Crippen molar-refractivity contribution in [2.45, 2.75) is 51.4 Å². The number of likely N-dealkylation sites (N-methyl/N-ethyl adjacent to an activating group) is 1. The van der Waals surface area contributed by atoms with Gasteiger partial charge in [-0.15, -0.1) is 0 Å². The lowest BCUT2D eigenvalue weighted by atomic mass is 9.97. The van der Waals surface area contributed by atoms with E-state index in [1.807, 2.05) is 60.4 Å². The number of nitrogens with one attached hydrogen (secondary N) is 1. The van der Waals surface area contributed by atoms with Crippen LogP contribution in [0.5, 0.6) is 0 Å². The Morgan fingerprint density at radius 1 is 1.03 bits per heavy atom. The second-order valence-electron chi connectivity index (χ2n) is 9.63. The molecular weight excluding hydrogens is 440 g/mol. The van der Waals surface area contributed by atoms with Crippen LogP contribution in [0.4, 0.5) is 0 Å². The lowest BCUT2D eigenvalue weighted by Crippen LogP contribution is -2.65. The number of nitrogens with zero attached hydrogens (tertiary/aromatic N) is 3. The van der Waals surface area contributed by atoms with Gasteiger partial charge in [-0.3, -0.25) is 14.4 Å². The van der Waals surface area contributed by atoms with Crippen LogP contribution in [0.1, 0.15) is 31.4 Å². The number of carbonyl (C=O) groups is 3. The molecule has 4 unspecified atom stereocenters. The Bertz CT molecular complexity index is 1030. The molecule has 7 heteroatoms. The molecule has 1 N–H and O–H groups in total. The summed E-state index contributed by atoms with van der Waals surface area (Å²) in [6, 6.07) is 18.9. The smallest absolute Gasteiger partial charge is 0.245 e. The fraction of sp³-hybridized carbons (Fsp3) is 0.464. The molecule has 0 radical (unpaired) electrons. The quantitative estimate of drug-likeness (QED) is 0.603. The van der Waals surface area contributed by atoms with Gasteiger partial charge in [0.25, 0.3) is 0 Å². The van der Waals surface area contributed by atoms with Crippen molar-refractivity contribution in [3.8, 4) is 0 Å². The summed E-state index contributed by atoms with van der Waals surface area (Å²) in [5, 5.41) is 3.16. The second-order valence-corrected chi connectivity index (χ2v) is 9.63. The van der Waals surface area contributed by atoms with Crippen LogP contribution in [0.2, 0.25) is 0 Å². The molecule has 2 aromatic carbocycles. The van der Waals surface area contributed by atoms with Gasteiger partial charge in [0.05, 0.1) is 12.6 Å². The van der Waals surface area contributed by atoms with Gasteiger partial charge in [-0.05, 0) is 30.5 Å². The van der Waals surface area contributed by atoms with Crippen LogP contribution in [-0.2, 0) is 27.2 Å². The van der Waals surface area contributed by atoms with E-state index in [0.29, 0.717) is 19.5 Å². The number of fused-ring (bicyclic) bond motifs is 1. The molecule has 2 fully saturated rings. The number of hydrogen-bond acceptors (Lipinski definition) is 4. The molecule has 186 valence electrons. The summed E-state index contributed by atoms with van der Waals surface area (Å²) < 4.78 is 0. The molecule has 0 aromatic heterocycles. The molecule has 4 atom stereocenters. The monoisotopic (exact) mass is 476 g/mol. The minimum Gasteiger partial charge on any atom is -0.337 e. The number of carbonyl (C=O) groups excluding carboxylic acids is 3. The molecule has 2 heterocycles. The normalized spacial score (nSPS) is 21.7. The third-order valence-electron chi connectivity index (χ3n) is 7.45. The SMILES string of the molecule is CCC(C)C(NC)C(=O)N1CC(=O)N2C(Cc3ccccc3)C(=O)N(CCc3ccccc3)CC12. The first-order valence-corrected chi connectivity index (χ1v) is 12.6. The Morgan fingerprint density at radius 3 is 2.26 bits per heavy atom. The molecule has 4 rings (SSSR count). The van der Waals surface area contributed by atoms with Crippen molar-refractivity contribution in [1.29, 1.82) is 0 Å². The van der Waals surface area contributed by atoms with E-state index in [-0.39, 0.29) is 36.2 Å². The van der Waals surface area contributed by atoms with E-state index < -0.39 is 12.2 Å². The first-order chi connectivity index (χ1) is 16.9. The zero-order chi connectivity index (χ0) is 24.9. The highest BCUT2D eigenvalue weighted by Crippen LogP contribution is 2.29. The van der Waals surface area contributed by atoms with E-state index >= 15 is 0 Å². The zero-order valence-electron chi connectivity index (χ0n) is 20.9. The largest absolute Gasteiger partial charge is 0.337 e. The number of benzene rings is 2. The number of hydrogen-bond donors (Lipinski definition) is 1. The van der Waals surface area contributed by atoms with Gasteiger partial charge in [0.15, 0.2) is 0 Å². The minimum absolute atomic E-state index is 0.0171. The van der Waals surface area contributed by atoms with E-state index in [9.17, 15) is 14.4 Å². The summed E-state index contributed by atoms with van der Waals surface area (Å²) in [5.41, 5.74) is 2.16. The van der Waals surface area contributed by atoms with Crippen molar-refractivity contribution in [3.05, 3.63) is 71.8 Å². The molecule has 2 aliphatic heterocycles. The summed E-state index contributed by atoms with van der Waals surface area (Å²) in [5.74, 6) is -0.134. The van der Waals surface area contributed by atoms with Gasteiger partial charge in [0.2, 0.25) is 17.7 Å². The van der Waals surface area contributed by atoms with Crippen LogP contribution in [-0.4, -0.2) is 77.4 Å². The van der Waals surface area contributed by atoms with E-state index in [2.05, 4.69) is 24.4 Å². The lowest BCUT2D eigenvalue weighted by Gasteiger charge is -2.45. The van der Waals surface area contributed by atoms with Gasteiger partial charge >= 0.3 is 0 Å². The molecule has 0 spiro atoms. The predicted octanol–water partition coefficient (Wildman–Crippen LogP) is 2.31. The highest BCUT2D eigenvalue weighted by molar-refractivity contribution is 5.95. The zero-order valence-corrected chi connectivity index (χ0v) is 20.9. The Labute approximate surface area is 208 Å². The van der Waals surface area contributed by atoms with E-state index in [4.69, 9.17) is 0 Å². The molecule has 3 amide bonds. The molecule has 2 aliphatic rings. The topological polar surface area (TPSA) is 73.0 Å². The van der Waals surface area contributed by atoms with Gasteiger partial charge in [-0.2, -0.15) is 0 Å². The van der Waals surface area contributed by atoms with E-state index in [0.717, 1.165) is 24.0 Å². The molecule has 2 saturated heterocycles. The van der Waals surface area contributed by atoms with Crippen LogP contribution in [0.25, 0.3) is 0 Å². The Balaban J connectivity index is 1.62. The van der Waals surface area contributed by atoms with Crippen molar-refractivity contribution < 1.29 is 14.4 Å². The third-order valence-corrected chi connectivity index (χ3v) is 7.45. The van der Waals surface area contributed by atoms with E-state index in [1.54, 1.807) is 16.8 Å². The summed E-state index contributed by atoms with van der Waals surface area (Å²) in [7, 11) is 1.79. The summed E-state index contributed by atoms with van der Waals surface area (Å²) >= 11 is 0. The molecule has 7 nitrogen and oxygen atoms in total. The van der Waals surface area contributed by atoms with Crippen LogP contribution in [0.3, 0.4) is 0 Å². The second kappa shape index (κ2) is 11.0.